The number of piperidine rings is 1. The largest absolute Gasteiger partial charge is 0.496 e. The number of benzene rings is 1. The van der Waals surface area contributed by atoms with Gasteiger partial charge in [0.1, 0.15) is 5.75 Å². The molecule has 0 bridgehead atoms. The Morgan fingerprint density at radius 1 is 1.21 bits per heavy atom. The molecule has 1 aromatic heterocycles. The fourth-order valence-electron chi connectivity index (χ4n) is 4.11. The Hall–Kier alpha value is -1.52. The van der Waals surface area contributed by atoms with Crippen LogP contribution < -0.4 is 10.1 Å². The van der Waals surface area contributed by atoms with Crippen molar-refractivity contribution in [2.24, 2.45) is 11.8 Å². The van der Waals surface area contributed by atoms with Crippen molar-refractivity contribution in [3.8, 4) is 5.75 Å². The van der Waals surface area contributed by atoms with Gasteiger partial charge in [-0.15, -0.1) is 11.8 Å². The van der Waals surface area contributed by atoms with E-state index < -0.39 is 0 Å². The standard InChI is InChI=1S/C20H24N2OS/c1-23-19-6-4-5-15-11-18-16(10-17(15)19)9-14(12-22-18)13-24-20-7-2-3-8-21-20/h2-8,14,16,18,22H,9-13H2,1H3/t14-,16-,18-/m0/s1. The molecular formula is C20H24N2OS. The molecule has 1 aromatic carbocycles. The van der Waals surface area contributed by atoms with E-state index in [4.69, 9.17) is 4.74 Å². The van der Waals surface area contributed by atoms with Gasteiger partial charge in [-0.05, 0) is 67.0 Å². The maximum absolute atomic E-state index is 5.59. The van der Waals surface area contributed by atoms with Gasteiger partial charge in [0, 0.05) is 18.0 Å². The number of thioether (sulfide) groups is 1. The molecule has 1 aliphatic carbocycles. The molecule has 126 valence electrons. The number of hydrogen-bond acceptors (Lipinski definition) is 4. The van der Waals surface area contributed by atoms with E-state index >= 15 is 0 Å². The third-order valence-electron chi connectivity index (χ3n) is 5.33. The Morgan fingerprint density at radius 3 is 3.00 bits per heavy atom. The lowest BCUT2D eigenvalue weighted by molar-refractivity contribution is 0.215. The van der Waals surface area contributed by atoms with E-state index in [2.05, 4.69) is 40.6 Å². The van der Waals surface area contributed by atoms with Gasteiger partial charge in [0.15, 0.2) is 0 Å². The molecule has 1 N–H and O–H groups in total. The fourth-order valence-corrected chi connectivity index (χ4v) is 5.08. The van der Waals surface area contributed by atoms with Gasteiger partial charge in [-0.1, -0.05) is 18.2 Å². The number of rotatable bonds is 4. The van der Waals surface area contributed by atoms with Crippen LogP contribution in [0.2, 0.25) is 0 Å². The second-order valence-corrected chi connectivity index (χ2v) is 7.90. The van der Waals surface area contributed by atoms with Crippen LogP contribution in [-0.4, -0.2) is 30.4 Å². The highest BCUT2D eigenvalue weighted by molar-refractivity contribution is 7.99. The van der Waals surface area contributed by atoms with Gasteiger partial charge in [0.25, 0.3) is 0 Å². The zero-order chi connectivity index (χ0) is 16.4. The lowest BCUT2D eigenvalue weighted by Crippen LogP contribution is -2.49. The smallest absolute Gasteiger partial charge is 0.122 e. The number of aromatic nitrogens is 1. The third-order valence-corrected chi connectivity index (χ3v) is 6.51. The summed E-state index contributed by atoms with van der Waals surface area (Å²) in [5.74, 6) is 3.65. The molecule has 0 saturated carbocycles. The second-order valence-electron chi connectivity index (χ2n) is 6.86. The number of ether oxygens (including phenoxy) is 1. The molecule has 24 heavy (non-hydrogen) atoms. The fraction of sp³-hybridized carbons (Fsp3) is 0.450. The van der Waals surface area contributed by atoms with E-state index in [1.807, 2.05) is 24.0 Å². The van der Waals surface area contributed by atoms with Crippen LogP contribution in [0.3, 0.4) is 0 Å². The molecule has 2 aliphatic rings. The molecule has 0 spiro atoms. The number of nitrogens with one attached hydrogen (secondary N) is 1. The van der Waals surface area contributed by atoms with Gasteiger partial charge in [-0.2, -0.15) is 0 Å². The maximum atomic E-state index is 5.59. The minimum atomic E-state index is 0.626. The molecule has 0 amide bonds. The summed E-state index contributed by atoms with van der Waals surface area (Å²) < 4.78 is 5.59. The highest BCUT2D eigenvalue weighted by Gasteiger charge is 2.35. The molecule has 2 heterocycles. The number of nitrogens with zero attached hydrogens (tertiary/aromatic N) is 1. The number of fused-ring (bicyclic) bond motifs is 2. The number of pyridine rings is 1. The summed E-state index contributed by atoms with van der Waals surface area (Å²) in [6.45, 7) is 1.13. The van der Waals surface area contributed by atoms with Crippen LogP contribution in [0.25, 0.3) is 0 Å². The van der Waals surface area contributed by atoms with Crippen molar-refractivity contribution in [2.45, 2.75) is 30.3 Å². The van der Waals surface area contributed by atoms with Crippen LogP contribution in [0, 0.1) is 11.8 Å². The highest BCUT2D eigenvalue weighted by atomic mass is 32.2. The van der Waals surface area contributed by atoms with Crippen molar-refractivity contribution in [3.63, 3.8) is 0 Å². The first-order valence-corrected chi connectivity index (χ1v) is 9.74. The van der Waals surface area contributed by atoms with Crippen molar-refractivity contribution in [1.82, 2.24) is 10.3 Å². The quantitative estimate of drug-likeness (QED) is 0.863. The van der Waals surface area contributed by atoms with Gasteiger partial charge in [0.05, 0.1) is 12.1 Å². The van der Waals surface area contributed by atoms with Crippen LogP contribution in [0.5, 0.6) is 5.75 Å². The summed E-state index contributed by atoms with van der Waals surface area (Å²) in [6, 6.07) is 13.3. The molecule has 1 saturated heterocycles. The Balaban J connectivity index is 1.41. The number of hydrogen-bond donors (Lipinski definition) is 1. The van der Waals surface area contributed by atoms with Crippen LogP contribution in [0.4, 0.5) is 0 Å². The van der Waals surface area contributed by atoms with Crippen molar-refractivity contribution in [1.29, 1.82) is 0 Å². The van der Waals surface area contributed by atoms with Gasteiger partial charge in [-0.25, -0.2) is 4.98 Å². The monoisotopic (exact) mass is 340 g/mol. The normalized spacial score (nSPS) is 25.6. The summed E-state index contributed by atoms with van der Waals surface area (Å²) in [7, 11) is 1.78. The molecule has 0 unspecified atom stereocenters. The van der Waals surface area contributed by atoms with Gasteiger partial charge in [0.2, 0.25) is 0 Å². The Labute approximate surface area is 148 Å². The second kappa shape index (κ2) is 7.16. The third kappa shape index (κ3) is 3.31. The molecular weight excluding hydrogens is 316 g/mol. The van der Waals surface area contributed by atoms with Crippen LogP contribution in [-0.2, 0) is 12.8 Å². The zero-order valence-corrected chi connectivity index (χ0v) is 14.9. The van der Waals surface area contributed by atoms with E-state index in [0.29, 0.717) is 6.04 Å². The molecule has 4 heteroatoms. The lowest BCUT2D eigenvalue weighted by Gasteiger charge is -2.41. The molecule has 1 aliphatic heterocycles. The minimum absolute atomic E-state index is 0.626. The minimum Gasteiger partial charge on any atom is -0.496 e. The molecule has 4 rings (SSSR count). The predicted octanol–water partition coefficient (Wildman–Crippen LogP) is 3.58. The first-order valence-electron chi connectivity index (χ1n) is 8.75. The number of methoxy groups -OCH3 is 1. The maximum Gasteiger partial charge on any atom is 0.122 e. The zero-order valence-electron chi connectivity index (χ0n) is 14.1. The SMILES string of the molecule is COc1cccc2c1C[C@@H]1C[C@H](CSc3ccccn3)CN[C@H]1C2. The summed E-state index contributed by atoms with van der Waals surface area (Å²) in [4.78, 5) is 4.42. The van der Waals surface area contributed by atoms with Crippen molar-refractivity contribution in [3.05, 3.63) is 53.7 Å². The first-order chi connectivity index (χ1) is 11.8. The summed E-state index contributed by atoms with van der Waals surface area (Å²) in [5, 5.41) is 4.95. The van der Waals surface area contributed by atoms with Gasteiger partial charge < -0.3 is 10.1 Å². The van der Waals surface area contributed by atoms with Crippen molar-refractivity contribution in [2.75, 3.05) is 19.4 Å². The summed E-state index contributed by atoms with van der Waals surface area (Å²) in [6.07, 6.45) is 5.45. The average molecular weight is 340 g/mol. The topological polar surface area (TPSA) is 34.1 Å². The predicted molar refractivity (Wildman–Crippen MR) is 98.8 cm³/mol. The Bertz CT molecular complexity index is 691. The van der Waals surface area contributed by atoms with Gasteiger partial charge >= 0.3 is 0 Å². The molecule has 1 fully saturated rings. The van der Waals surface area contributed by atoms with E-state index in [0.717, 1.165) is 47.8 Å². The molecule has 2 aromatic rings. The van der Waals surface area contributed by atoms with Crippen LogP contribution >= 0.6 is 11.8 Å². The van der Waals surface area contributed by atoms with Crippen LogP contribution in [0.15, 0.2) is 47.6 Å². The van der Waals surface area contributed by atoms with E-state index in [1.54, 1.807) is 7.11 Å². The summed E-state index contributed by atoms with van der Waals surface area (Å²) >= 11 is 1.88. The Kier molecular flexibility index (Phi) is 4.76. The van der Waals surface area contributed by atoms with Crippen molar-refractivity contribution < 1.29 is 4.74 Å². The first kappa shape index (κ1) is 16.0. The molecule has 3 nitrogen and oxygen atoms in total. The highest BCUT2D eigenvalue weighted by Crippen LogP contribution is 2.37. The van der Waals surface area contributed by atoms with E-state index in [9.17, 15) is 0 Å². The molecule has 0 radical (unpaired) electrons. The Morgan fingerprint density at radius 2 is 2.17 bits per heavy atom. The molecule has 3 atom stereocenters. The van der Waals surface area contributed by atoms with E-state index in [-0.39, 0.29) is 0 Å². The van der Waals surface area contributed by atoms with E-state index in [1.165, 1.54) is 17.5 Å². The average Bonchev–Trinajstić information content (AvgIpc) is 2.65. The van der Waals surface area contributed by atoms with Gasteiger partial charge in [-0.3, -0.25) is 0 Å². The van der Waals surface area contributed by atoms with Crippen molar-refractivity contribution >= 4 is 11.8 Å². The summed E-state index contributed by atoms with van der Waals surface area (Å²) in [5.41, 5.74) is 2.89. The van der Waals surface area contributed by atoms with Crippen LogP contribution in [0.1, 0.15) is 17.5 Å². The lowest BCUT2D eigenvalue weighted by atomic mass is 9.73.